The number of carbonyl (C=O) groups is 2. The molecular weight excluding hydrogens is 258 g/mol. The molecule has 0 bridgehead atoms. The van der Waals surface area contributed by atoms with Crippen molar-refractivity contribution in [1.82, 2.24) is 5.32 Å². The Morgan fingerprint density at radius 1 is 1.25 bits per heavy atom. The van der Waals surface area contributed by atoms with Crippen molar-refractivity contribution in [2.24, 2.45) is 0 Å². The van der Waals surface area contributed by atoms with Gasteiger partial charge in [-0.1, -0.05) is 30.3 Å². The predicted molar refractivity (Wildman–Crippen MR) is 75.2 cm³/mol. The third-order valence-corrected chi connectivity index (χ3v) is 2.25. The zero-order chi connectivity index (χ0) is 15.2. The Labute approximate surface area is 118 Å². The largest absolute Gasteiger partial charge is 0.477 e. The summed E-state index contributed by atoms with van der Waals surface area (Å²) in [7, 11) is 0. The summed E-state index contributed by atoms with van der Waals surface area (Å²) in [6.07, 6.45) is 1.08. The van der Waals surface area contributed by atoms with Crippen LogP contribution in [0.1, 0.15) is 26.3 Å². The number of alkyl carbamates (subject to hydrolysis) is 1. The van der Waals surface area contributed by atoms with Gasteiger partial charge in [0.2, 0.25) is 0 Å². The Kier molecular flexibility index (Phi) is 5.32. The Hall–Kier alpha value is -2.30. The topological polar surface area (TPSA) is 75.6 Å². The summed E-state index contributed by atoms with van der Waals surface area (Å²) in [5, 5.41) is 11.3. The van der Waals surface area contributed by atoms with Crippen LogP contribution in [0, 0.1) is 0 Å². The van der Waals surface area contributed by atoms with Crippen LogP contribution in [0.3, 0.4) is 0 Å². The molecule has 1 aromatic rings. The molecule has 5 heteroatoms. The van der Waals surface area contributed by atoms with Gasteiger partial charge in [-0.15, -0.1) is 0 Å². The van der Waals surface area contributed by atoms with Crippen LogP contribution in [-0.2, 0) is 16.0 Å². The second kappa shape index (κ2) is 6.75. The minimum Gasteiger partial charge on any atom is -0.477 e. The minimum atomic E-state index is -1.20. The van der Waals surface area contributed by atoms with E-state index in [-0.39, 0.29) is 5.70 Å². The molecule has 2 N–H and O–H groups in total. The maximum Gasteiger partial charge on any atom is 0.412 e. The average Bonchev–Trinajstić information content (AvgIpc) is 2.33. The van der Waals surface area contributed by atoms with Crippen molar-refractivity contribution in [3.05, 3.63) is 47.7 Å². The predicted octanol–water partition coefficient (Wildman–Crippen LogP) is 2.72. The van der Waals surface area contributed by atoms with Gasteiger partial charge in [-0.25, -0.2) is 9.59 Å². The van der Waals surface area contributed by atoms with Crippen molar-refractivity contribution in [2.45, 2.75) is 32.8 Å². The van der Waals surface area contributed by atoms with Gasteiger partial charge >= 0.3 is 12.1 Å². The van der Waals surface area contributed by atoms with Crippen LogP contribution in [-0.4, -0.2) is 22.8 Å². The van der Waals surface area contributed by atoms with Gasteiger partial charge in [0.25, 0.3) is 0 Å². The van der Waals surface area contributed by atoms with Crippen molar-refractivity contribution in [3.8, 4) is 0 Å². The number of allylic oxidation sites excluding steroid dienone is 1. The summed E-state index contributed by atoms with van der Waals surface area (Å²) in [6.45, 7) is 5.13. The first-order chi connectivity index (χ1) is 9.28. The number of nitrogens with one attached hydrogen (secondary N) is 1. The molecule has 0 aliphatic rings. The molecule has 1 rings (SSSR count). The van der Waals surface area contributed by atoms with Crippen LogP contribution in [0.5, 0.6) is 0 Å². The third-order valence-electron chi connectivity index (χ3n) is 2.25. The fourth-order valence-corrected chi connectivity index (χ4v) is 1.44. The number of amides is 1. The summed E-state index contributed by atoms with van der Waals surface area (Å²) in [5.74, 6) is -1.20. The van der Waals surface area contributed by atoms with E-state index in [0.717, 1.165) is 5.56 Å². The molecule has 0 fully saturated rings. The molecule has 0 saturated carbocycles. The van der Waals surface area contributed by atoms with Crippen LogP contribution in [0.4, 0.5) is 4.79 Å². The minimum absolute atomic E-state index is 0.192. The Morgan fingerprint density at radius 3 is 2.35 bits per heavy atom. The summed E-state index contributed by atoms with van der Waals surface area (Å²) >= 11 is 0. The van der Waals surface area contributed by atoms with Crippen molar-refractivity contribution >= 4 is 12.1 Å². The maximum absolute atomic E-state index is 11.5. The van der Waals surface area contributed by atoms with E-state index < -0.39 is 17.7 Å². The van der Waals surface area contributed by atoms with E-state index in [2.05, 4.69) is 5.32 Å². The molecule has 0 unspecified atom stereocenters. The van der Waals surface area contributed by atoms with Crippen molar-refractivity contribution < 1.29 is 19.4 Å². The summed E-state index contributed by atoms with van der Waals surface area (Å²) in [4.78, 5) is 22.6. The molecule has 0 spiro atoms. The number of carboxylic acid groups (broad SMARTS) is 1. The molecule has 0 atom stereocenters. The molecule has 0 aliphatic heterocycles. The number of ether oxygens (including phenoxy) is 1. The number of hydrogen-bond donors (Lipinski definition) is 2. The number of rotatable bonds is 4. The monoisotopic (exact) mass is 277 g/mol. The quantitative estimate of drug-likeness (QED) is 0.830. The molecule has 0 heterocycles. The lowest BCUT2D eigenvalue weighted by molar-refractivity contribution is -0.133. The van der Waals surface area contributed by atoms with Gasteiger partial charge in [-0.3, -0.25) is 5.32 Å². The van der Waals surface area contributed by atoms with Crippen LogP contribution in [0.2, 0.25) is 0 Å². The second-order valence-electron chi connectivity index (χ2n) is 5.24. The number of aliphatic carboxylic acids is 1. The van der Waals surface area contributed by atoms with E-state index in [4.69, 9.17) is 9.84 Å². The fourth-order valence-electron chi connectivity index (χ4n) is 1.44. The lowest BCUT2D eigenvalue weighted by Gasteiger charge is -2.19. The fraction of sp³-hybridized carbons (Fsp3) is 0.333. The standard InChI is InChI=1S/C15H19NO4/c1-15(2,3)20-14(19)16-12(13(17)18)10-9-11-7-5-4-6-8-11/h4-8,10H,9H2,1-3H3,(H,16,19)(H,17,18). The van der Waals surface area contributed by atoms with Gasteiger partial charge in [0.15, 0.2) is 0 Å². The zero-order valence-corrected chi connectivity index (χ0v) is 11.8. The lowest BCUT2D eigenvalue weighted by Crippen LogP contribution is -2.34. The second-order valence-corrected chi connectivity index (χ2v) is 5.24. The highest BCUT2D eigenvalue weighted by atomic mass is 16.6. The highest BCUT2D eigenvalue weighted by Gasteiger charge is 2.18. The molecule has 0 radical (unpaired) electrons. The van der Waals surface area contributed by atoms with Gasteiger partial charge in [0.05, 0.1) is 0 Å². The van der Waals surface area contributed by atoms with Gasteiger partial charge in [-0.2, -0.15) is 0 Å². The molecule has 0 saturated heterocycles. The number of benzene rings is 1. The molecule has 1 amide bonds. The molecule has 0 aliphatic carbocycles. The van der Waals surface area contributed by atoms with Crippen LogP contribution >= 0.6 is 0 Å². The summed E-state index contributed by atoms with van der Waals surface area (Å²) in [5.41, 5.74) is 0.0907. The van der Waals surface area contributed by atoms with E-state index in [0.29, 0.717) is 6.42 Å². The van der Waals surface area contributed by atoms with Crippen LogP contribution in [0.15, 0.2) is 42.1 Å². The van der Waals surface area contributed by atoms with Gasteiger partial charge in [-0.05, 0) is 38.8 Å². The first-order valence-corrected chi connectivity index (χ1v) is 6.25. The molecular formula is C15H19NO4. The SMILES string of the molecule is CC(C)(C)OC(=O)NC(=CCc1ccccc1)C(=O)O. The summed E-state index contributed by atoms with van der Waals surface area (Å²) < 4.78 is 5.02. The van der Waals surface area contributed by atoms with Crippen molar-refractivity contribution in [3.63, 3.8) is 0 Å². The van der Waals surface area contributed by atoms with Gasteiger partial charge in [0, 0.05) is 0 Å². The normalized spacial score (nSPS) is 11.8. The van der Waals surface area contributed by atoms with Crippen LogP contribution in [0.25, 0.3) is 0 Å². The van der Waals surface area contributed by atoms with E-state index in [9.17, 15) is 9.59 Å². The summed E-state index contributed by atoms with van der Waals surface area (Å²) in [6, 6.07) is 9.37. The highest BCUT2D eigenvalue weighted by molar-refractivity contribution is 5.90. The van der Waals surface area contributed by atoms with Crippen molar-refractivity contribution in [1.29, 1.82) is 0 Å². The Balaban J connectivity index is 2.70. The third kappa shape index (κ3) is 6.04. The first-order valence-electron chi connectivity index (χ1n) is 6.25. The van der Waals surface area contributed by atoms with Crippen molar-refractivity contribution in [2.75, 3.05) is 0 Å². The van der Waals surface area contributed by atoms with Gasteiger partial charge in [0.1, 0.15) is 11.3 Å². The Bertz CT molecular complexity index is 500. The number of carboxylic acids is 1. The highest BCUT2D eigenvalue weighted by Crippen LogP contribution is 2.08. The number of hydrogen-bond acceptors (Lipinski definition) is 3. The maximum atomic E-state index is 11.5. The van der Waals surface area contributed by atoms with E-state index in [1.165, 1.54) is 6.08 Å². The van der Waals surface area contributed by atoms with E-state index in [1.54, 1.807) is 20.8 Å². The average molecular weight is 277 g/mol. The molecule has 1 aromatic carbocycles. The smallest absolute Gasteiger partial charge is 0.412 e. The van der Waals surface area contributed by atoms with E-state index >= 15 is 0 Å². The zero-order valence-electron chi connectivity index (χ0n) is 11.8. The Morgan fingerprint density at radius 2 is 1.85 bits per heavy atom. The molecule has 0 aromatic heterocycles. The molecule has 5 nitrogen and oxygen atoms in total. The number of carbonyl (C=O) groups excluding carboxylic acids is 1. The lowest BCUT2D eigenvalue weighted by atomic mass is 10.1. The molecule has 108 valence electrons. The van der Waals surface area contributed by atoms with Crippen LogP contribution < -0.4 is 5.32 Å². The molecule has 20 heavy (non-hydrogen) atoms. The first kappa shape index (κ1) is 15.8. The van der Waals surface area contributed by atoms with E-state index in [1.807, 2.05) is 30.3 Å². The van der Waals surface area contributed by atoms with Gasteiger partial charge < -0.3 is 9.84 Å².